The highest BCUT2D eigenvalue weighted by atomic mass is 16.5. The number of benzene rings is 1. The van der Waals surface area contributed by atoms with Crippen LogP contribution in [0.5, 0.6) is 5.75 Å². The molecule has 1 aliphatic rings. The van der Waals surface area contributed by atoms with Gasteiger partial charge in [0, 0.05) is 32.2 Å². The van der Waals surface area contributed by atoms with Crippen LogP contribution in [0.1, 0.15) is 16.1 Å². The Labute approximate surface area is 134 Å². The Morgan fingerprint density at radius 3 is 2.70 bits per heavy atom. The molecule has 0 N–H and O–H groups in total. The Hall–Kier alpha value is -2.12. The molecule has 1 saturated heterocycles. The number of rotatable bonds is 4. The van der Waals surface area contributed by atoms with Crippen molar-refractivity contribution < 1.29 is 19.0 Å². The molecule has 23 heavy (non-hydrogen) atoms. The molecule has 124 valence electrons. The van der Waals surface area contributed by atoms with Crippen LogP contribution in [-0.2, 0) is 23.1 Å². The van der Waals surface area contributed by atoms with E-state index in [0.717, 1.165) is 43.9 Å². The van der Waals surface area contributed by atoms with Crippen molar-refractivity contribution in [2.45, 2.75) is 6.54 Å². The van der Waals surface area contributed by atoms with Gasteiger partial charge >= 0.3 is 5.97 Å². The number of hydrogen-bond acceptors (Lipinski definition) is 6. The second-order valence-electron chi connectivity index (χ2n) is 5.50. The molecule has 2 aromatic rings. The standard InChI is InChI=1S/C16H21N3O4/c1-18-12-5-4-11(10-19-6-8-23-9-7-19)15(21-2)13(12)14(17-18)16(20)22-3/h4-5H,6-10H2,1-3H3. The lowest BCUT2D eigenvalue weighted by molar-refractivity contribution is 0.0339. The summed E-state index contributed by atoms with van der Waals surface area (Å²) < 4.78 is 17.5. The maximum Gasteiger partial charge on any atom is 0.359 e. The second-order valence-corrected chi connectivity index (χ2v) is 5.50. The Morgan fingerprint density at radius 1 is 1.30 bits per heavy atom. The average Bonchev–Trinajstić information content (AvgIpc) is 2.92. The summed E-state index contributed by atoms with van der Waals surface area (Å²) in [6.45, 7) is 4.00. The van der Waals surface area contributed by atoms with Crippen LogP contribution in [0.4, 0.5) is 0 Å². The number of ether oxygens (including phenoxy) is 3. The number of aromatic nitrogens is 2. The van der Waals surface area contributed by atoms with Gasteiger partial charge in [-0.15, -0.1) is 0 Å². The summed E-state index contributed by atoms with van der Waals surface area (Å²) in [5, 5.41) is 4.99. The van der Waals surface area contributed by atoms with Crippen LogP contribution in [0.15, 0.2) is 12.1 Å². The molecule has 0 saturated carbocycles. The number of nitrogens with zero attached hydrogens (tertiary/aromatic N) is 3. The van der Waals surface area contributed by atoms with Crippen LogP contribution in [0.3, 0.4) is 0 Å². The van der Waals surface area contributed by atoms with Gasteiger partial charge in [0.2, 0.25) is 0 Å². The van der Waals surface area contributed by atoms with E-state index in [2.05, 4.69) is 10.00 Å². The van der Waals surface area contributed by atoms with E-state index in [9.17, 15) is 4.79 Å². The molecule has 0 unspecified atom stereocenters. The van der Waals surface area contributed by atoms with Crippen molar-refractivity contribution in [3.63, 3.8) is 0 Å². The van der Waals surface area contributed by atoms with Crippen molar-refractivity contribution in [2.24, 2.45) is 7.05 Å². The first-order valence-corrected chi connectivity index (χ1v) is 7.56. The summed E-state index contributed by atoms with van der Waals surface area (Å²) in [5.41, 5.74) is 2.15. The summed E-state index contributed by atoms with van der Waals surface area (Å²) >= 11 is 0. The van der Waals surface area contributed by atoms with E-state index >= 15 is 0 Å². The predicted molar refractivity (Wildman–Crippen MR) is 84.7 cm³/mol. The van der Waals surface area contributed by atoms with Gasteiger partial charge in [-0.3, -0.25) is 9.58 Å². The van der Waals surface area contributed by atoms with Gasteiger partial charge in [0.25, 0.3) is 0 Å². The molecule has 1 aromatic carbocycles. The van der Waals surface area contributed by atoms with Crippen molar-refractivity contribution in [3.8, 4) is 5.75 Å². The molecule has 7 nitrogen and oxygen atoms in total. The lowest BCUT2D eigenvalue weighted by atomic mass is 10.1. The van der Waals surface area contributed by atoms with Gasteiger partial charge in [0.15, 0.2) is 5.69 Å². The van der Waals surface area contributed by atoms with E-state index in [1.54, 1.807) is 18.8 Å². The minimum atomic E-state index is -0.461. The number of methoxy groups -OCH3 is 2. The van der Waals surface area contributed by atoms with Gasteiger partial charge in [-0.05, 0) is 6.07 Å². The van der Waals surface area contributed by atoms with Gasteiger partial charge in [0.05, 0.1) is 38.3 Å². The molecule has 0 atom stereocenters. The highest BCUT2D eigenvalue weighted by Gasteiger charge is 2.23. The van der Waals surface area contributed by atoms with E-state index in [-0.39, 0.29) is 5.69 Å². The largest absolute Gasteiger partial charge is 0.496 e. The van der Waals surface area contributed by atoms with E-state index in [0.29, 0.717) is 11.1 Å². The van der Waals surface area contributed by atoms with E-state index in [1.165, 1.54) is 7.11 Å². The number of fused-ring (bicyclic) bond motifs is 1. The third-order valence-corrected chi connectivity index (χ3v) is 4.13. The Kier molecular flexibility index (Phi) is 4.49. The number of morpholine rings is 1. The summed E-state index contributed by atoms with van der Waals surface area (Å²) in [4.78, 5) is 14.3. The van der Waals surface area contributed by atoms with E-state index in [1.807, 2.05) is 12.1 Å². The van der Waals surface area contributed by atoms with E-state index in [4.69, 9.17) is 14.2 Å². The second kappa shape index (κ2) is 6.55. The Morgan fingerprint density at radius 2 is 2.04 bits per heavy atom. The van der Waals surface area contributed by atoms with Crippen molar-refractivity contribution in [3.05, 3.63) is 23.4 Å². The lowest BCUT2D eigenvalue weighted by Gasteiger charge is -2.27. The van der Waals surface area contributed by atoms with E-state index < -0.39 is 5.97 Å². The third-order valence-electron chi connectivity index (χ3n) is 4.13. The Bertz CT molecular complexity index is 720. The van der Waals surface area contributed by atoms with Gasteiger partial charge in [0.1, 0.15) is 5.75 Å². The van der Waals surface area contributed by atoms with Crippen LogP contribution < -0.4 is 4.74 Å². The number of carbonyl (C=O) groups excluding carboxylic acids is 1. The van der Waals surface area contributed by atoms with Gasteiger partial charge in [-0.25, -0.2) is 4.79 Å². The third kappa shape index (κ3) is 2.89. The van der Waals surface area contributed by atoms with Gasteiger partial charge < -0.3 is 14.2 Å². The fraction of sp³-hybridized carbons (Fsp3) is 0.500. The zero-order valence-corrected chi connectivity index (χ0v) is 13.7. The molecule has 0 aliphatic carbocycles. The predicted octanol–water partition coefficient (Wildman–Crippen LogP) is 1.20. The SMILES string of the molecule is COC(=O)c1nn(C)c2ccc(CN3CCOCC3)c(OC)c12. The number of carbonyl (C=O) groups is 1. The highest BCUT2D eigenvalue weighted by molar-refractivity contribution is 6.05. The number of esters is 1. The monoisotopic (exact) mass is 319 g/mol. The van der Waals surface area contributed by atoms with Crippen molar-refractivity contribution >= 4 is 16.9 Å². The lowest BCUT2D eigenvalue weighted by Crippen LogP contribution is -2.35. The summed E-state index contributed by atoms with van der Waals surface area (Å²) in [5.74, 6) is 0.222. The average molecular weight is 319 g/mol. The maximum absolute atomic E-state index is 12.0. The molecule has 0 bridgehead atoms. The molecule has 1 fully saturated rings. The highest BCUT2D eigenvalue weighted by Crippen LogP contribution is 2.33. The molecule has 3 rings (SSSR count). The van der Waals surface area contributed by atoms with Gasteiger partial charge in [-0.2, -0.15) is 5.10 Å². The fourth-order valence-corrected chi connectivity index (χ4v) is 2.97. The van der Waals surface area contributed by atoms with Crippen LogP contribution >= 0.6 is 0 Å². The fourth-order valence-electron chi connectivity index (χ4n) is 2.97. The molecule has 0 amide bonds. The van der Waals surface area contributed by atoms with Crippen molar-refractivity contribution in [1.82, 2.24) is 14.7 Å². The topological polar surface area (TPSA) is 65.8 Å². The molecule has 7 heteroatoms. The normalized spacial score (nSPS) is 15.8. The van der Waals surface area contributed by atoms with Crippen LogP contribution in [0.2, 0.25) is 0 Å². The van der Waals surface area contributed by atoms with Crippen molar-refractivity contribution in [2.75, 3.05) is 40.5 Å². The molecule has 2 heterocycles. The molecule has 1 aliphatic heterocycles. The molecule has 0 radical (unpaired) electrons. The van der Waals surface area contributed by atoms with Crippen LogP contribution in [0.25, 0.3) is 10.9 Å². The molecule has 1 aromatic heterocycles. The van der Waals surface area contributed by atoms with Gasteiger partial charge in [-0.1, -0.05) is 6.07 Å². The summed E-state index contributed by atoms with van der Waals surface area (Å²) in [6.07, 6.45) is 0. The first-order valence-electron chi connectivity index (χ1n) is 7.56. The number of aryl methyl sites for hydroxylation is 1. The zero-order valence-electron chi connectivity index (χ0n) is 13.7. The molecular weight excluding hydrogens is 298 g/mol. The van der Waals surface area contributed by atoms with Crippen molar-refractivity contribution in [1.29, 1.82) is 0 Å². The number of hydrogen-bond donors (Lipinski definition) is 0. The molecule has 0 spiro atoms. The first kappa shape index (κ1) is 15.8. The first-order chi connectivity index (χ1) is 11.2. The molecular formula is C16H21N3O4. The quantitative estimate of drug-likeness (QED) is 0.789. The summed E-state index contributed by atoms with van der Waals surface area (Å²) in [7, 11) is 4.77. The zero-order chi connectivity index (χ0) is 16.4. The summed E-state index contributed by atoms with van der Waals surface area (Å²) in [6, 6.07) is 3.99. The van der Waals surface area contributed by atoms with Crippen LogP contribution in [-0.4, -0.2) is 61.2 Å². The van der Waals surface area contributed by atoms with Crippen LogP contribution in [0, 0.1) is 0 Å². The smallest absolute Gasteiger partial charge is 0.359 e. The minimum Gasteiger partial charge on any atom is -0.496 e. The Balaban J connectivity index is 2.06. The maximum atomic E-state index is 12.0. The minimum absolute atomic E-state index is 0.283.